The van der Waals surface area contributed by atoms with Gasteiger partial charge in [-0.1, -0.05) is 55.5 Å². The van der Waals surface area contributed by atoms with Gasteiger partial charge < -0.3 is 10.1 Å². The number of ether oxygens (including phenoxy) is 1. The molecule has 3 rings (SSSR count). The highest BCUT2D eigenvalue weighted by Gasteiger charge is 2.23. The summed E-state index contributed by atoms with van der Waals surface area (Å²) in [6, 6.07) is 22.9. The number of hydrogen-bond acceptors (Lipinski definition) is 4. The molecule has 0 aliphatic carbocycles. The molecule has 0 aliphatic heterocycles. The highest BCUT2D eigenvalue weighted by molar-refractivity contribution is 7.89. The summed E-state index contributed by atoms with van der Waals surface area (Å²) in [6.07, 6.45) is 0. The molecule has 0 atom stereocenters. The zero-order chi connectivity index (χ0) is 22.3. The lowest BCUT2D eigenvalue weighted by Gasteiger charge is -2.20. The maximum absolute atomic E-state index is 12.9. The molecule has 6 nitrogen and oxygen atoms in total. The highest BCUT2D eigenvalue weighted by Crippen LogP contribution is 2.19. The number of amides is 1. The number of para-hydroxylation sites is 1. The van der Waals surface area contributed by atoms with Crippen molar-refractivity contribution in [3.8, 4) is 5.75 Å². The van der Waals surface area contributed by atoms with Gasteiger partial charge in [0.15, 0.2) is 0 Å². The Bertz CT molecular complexity index is 1110. The number of rotatable bonds is 9. The molecule has 1 N–H and O–H groups in total. The van der Waals surface area contributed by atoms with Gasteiger partial charge in [-0.25, -0.2) is 8.42 Å². The lowest BCUT2D eigenvalue weighted by Crippen LogP contribution is -2.30. The molecule has 0 bridgehead atoms. The molecule has 162 valence electrons. The normalized spacial score (nSPS) is 11.3. The van der Waals surface area contributed by atoms with E-state index in [2.05, 4.69) is 5.32 Å². The van der Waals surface area contributed by atoms with Crippen LogP contribution in [0.4, 0.5) is 0 Å². The summed E-state index contributed by atoms with van der Waals surface area (Å²) in [4.78, 5) is 12.8. The van der Waals surface area contributed by atoms with E-state index in [0.717, 1.165) is 16.9 Å². The van der Waals surface area contributed by atoms with E-state index in [4.69, 9.17) is 4.74 Å². The van der Waals surface area contributed by atoms with Crippen LogP contribution in [0.5, 0.6) is 5.75 Å². The summed E-state index contributed by atoms with van der Waals surface area (Å²) >= 11 is 0. The average Bonchev–Trinajstić information content (AvgIpc) is 2.82. The molecule has 0 aliphatic rings. The first-order chi connectivity index (χ1) is 15.0. The van der Waals surface area contributed by atoms with Crippen molar-refractivity contribution < 1.29 is 17.9 Å². The lowest BCUT2D eigenvalue weighted by molar-refractivity contribution is 0.0950. The van der Waals surface area contributed by atoms with Gasteiger partial charge >= 0.3 is 0 Å². The molecule has 1 amide bonds. The number of nitrogens with zero attached hydrogens (tertiary/aromatic N) is 1. The first-order valence-electron chi connectivity index (χ1n) is 10.00. The second-order valence-electron chi connectivity index (χ2n) is 6.94. The fourth-order valence-corrected chi connectivity index (χ4v) is 4.66. The maximum atomic E-state index is 12.9. The lowest BCUT2D eigenvalue weighted by atomic mass is 10.1. The van der Waals surface area contributed by atoms with Gasteiger partial charge in [-0.3, -0.25) is 4.79 Å². The van der Waals surface area contributed by atoms with Gasteiger partial charge in [-0.2, -0.15) is 4.31 Å². The van der Waals surface area contributed by atoms with Crippen LogP contribution in [0.15, 0.2) is 83.8 Å². The Morgan fingerprint density at radius 3 is 2.23 bits per heavy atom. The van der Waals surface area contributed by atoms with Crippen molar-refractivity contribution in [2.75, 3.05) is 13.7 Å². The zero-order valence-electron chi connectivity index (χ0n) is 17.6. The molecule has 0 aromatic heterocycles. The molecule has 0 saturated carbocycles. The predicted octanol–water partition coefficient (Wildman–Crippen LogP) is 3.84. The highest BCUT2D eigenvalue weighted by atomic mass is 32.2. The quantitative estimate of drug-likeness (QED) is 0.551. The Hall–Kier alpha value is -3.16. The van der Waals surface area contributed by atoms with Crippen LogP contribution in [0.25, 0.3) is 0 Å². The third kappa shape index (κ3) is 5.51. The molecule has 7 heteroatoms. The van der Waals surface area contributed by atoms with E-state index in [-0.39, 0.29) is 17.3 Å². The van der Waals surface area contributed by atoms with E-state index in [1.165, 1.54) is 4.31 Å². The molecule has 0 fully saturated rings. The summed E-state index contributed by atoms with van der Waals surface area (Å²) in [5, 5.41) is 2.88. The number of carbonyl (C=O) groups excluding carboxylic acids is 1. The van der Waals surface area contributed by atoms with E-state index in [1.807, 2.05) is 24.3 Å². The number of benzene rings is 3. The summed E-state index contributed by atoms with van der Waals surface area (Å²) in [7, 11) is -1.99. The Morgan fingerprint density at radius 1 is 0.935 bits per heavy atom. The van der Waals surface area contributed by atoms with E-state index < -0.39 is 10.0 Å². The van der Waals surface area contributed by atoms with Gasteiger partial charge in [-0.05, 0) is 35.9 Å². The Kier molecular flexibility index (Phi) is 7.44. The Balaban J connectivity index is 1.66. The van der Waals surface area contributed by atoms with Crippen molar-refractivity contribution >= 4 is 15.9 Å². The fraction of sp³-hybridized carbons (Fsp3) is 0.208. The van der Waals surface area contributed by atoms with E-state index in [9.17, 15) is 13.2 Å². The second kappa shape index (κ2) is 10.2. The SMILES string of the molecule is CCN(Cc1ccc(C(=O)NCc2ccccc2OC)cc1)S(=O)(=O)c1ccccc1. The van der Waals surface area contributed by atoms with Crippen molar-refractivity contribution in [2.45, 2.75) is 24.9 Å². The fourth-order valence-electron chi connectivity index (χ4n) is 3.20. The van der Waals surface area contributed by atoms with Crippen LogP contribution in [0.2, 0.25) is 0 Å². The van der Waals surface area contributed by atoms with Gasteiger partial charge in [0.2, 0.25) is 10.0 Å². The van der Waals surface area contributed by atoms with Crippen LogP contribution in [-0.4, -0.2) is 32.3 Å². The van der Waals surface area contributed by atoms with E-state index in [1.54, 1.807) is 68.6 Å². The van der Waals surface area contributed by atoms with E-state index >= 15 is 0 Å². The summed E-state index contributed by atoms with van der Waals surface area (Å²) in [5.74, 6) is 0.513. The van der Waals surface area contributed by atoms with Crippen molar-refractivity contribution in [3.63, 3.8) is 0 Å². The largest absolute Gasteiger partial charge is 0.496 e. The Morgan fingerprint density at radius 2 is 1.58 bits per heavy atom. The van der Waals surface area contributed by atoms with Crippen molar-refractivity contribution in [1.29, 1.82) is 0 Å². The molecule has 0 spiro atoms. The van der Waals surface area contributed by atoms with Gasteiger partial charge in [0.05, 0.1) is 12.0 Å². The van der Waals surface area contributed by atoms with Crippen LogP contribution in [-0.2, 0) is 23.1 Å². The minimum Gasteiger partial charge on any atom is -0.496 e. The molecule has 0 saturated heterocycles. The van der Waals surface area contributed by atoms with Gasteiger partial charge in [0.25, 0.3) is 5.91 Å². The van der Waals surface area contributed by atoms with Gasteiger partial charge in [-0.15, -0.1) is 0 Å². The average molecular weight is 439 g/mol. The molecule has 0 heterocycles. The Labute approximate surface area is 183 Å². The minimum absolute atomic E-state index is 0.207. The topological polar surface area (TPSA) is 75.7 Å². The van der Waals surface area contributed by atoms with Crippen molar-refractivity contribution in [2.24, 2.45) is 0 Å². The van der Waals surface area contributed by atoms with E-state index in [0.29, 0.717) is 18.7 Å². The molecule has 0 radical (unpaired) electrons. The molecular weight excluding hydrogens is 412 g/mol. The third-order valence-corrected chi connectivity index (χ3v) is 6.88. The number of nitrogens with one attached hydrogen (secondary N) is 1. The van der Waals surface area contributed by atoms with Crippen LogP contribution in [0.3, 0.4) is 0 Å². The predicted molar refractivity (Wildman–Crippen MR) is 120 cm³/mol. The minimum atomic E-state index is -3.58. The smallest absolute Gasteiger partial charge is 0.251 e. The maximum Gasteiger partial charge on any atom is 0.251 e. The van der Waals surface area contributed by atoms with Crippen molar-refractivity contribution in [3.05, 3.63) is 95.6 Å². The number of carbonyl (C=O) groups is 1. The number of hydrogen-bond donors (Lipinski definition) is 1. The number of sulfonamides is 1. The van der Waals surface area contributed by atoms with Crippen LogP contribution in [0, 0.1) is 0 Å². The molecule has 3 aromatic rings. The number of methoxy groups -OCH3 is 1. The van der Waals surface area contributed by atoms with Gasteiger partial charge in [0, 0.05) is 30.8 Å². The zero-order valence-corrected chi connectivity index (χ0v) is 18.4. The first-order valence-corrected chi connectivity index (χ1v) is 11.4. The molecule has 31 heavy (non-hydrogen) atoms. The standard InChI is InChI=1S/C24H26N2O4S/c1-3-26(31(28,29)22-10-5-4-6-11-22)18-19-13-15-20(16-14-19)24(27)25-17-21-9-7-8-12-23(21)30-2/h4-16H,3,17-18H2,1-2H3,(H,25,27). The monoisotopic (exact) mass is 438 g/mol. The third-order valence-electron chi connectivity index (χ3n) is 4.94. The van der Waals surface area contributed by atoms with Crippen LogP contribution >= 0.6 is 0 Å². The van der Waals surface area contributed by atoms with Crippen molar-refractivity contribution in [1.82, 2.24) is 9.62 Å². The summed E-state index contributed by atoms with van der Waals surface area (Å²) in [6.45, 7) is 2.74. The van der Waals surface area contributed by atoms with Crippen LogP contribution < -0.4 is 10.1 Å². The van der Waals surface area contributed by atoms with Crippen LogP contribution in [0.1, 0.15) is 28.4 Å². The molecule has 0 unspecified atom stereocenters. The second-order valence-corrected chi connectivity index (χ2v) is 8.87. The first kappa shape index (κ1) is 22.5. The molecular formula is C24H26N2O4S. The van der Waals surface area contributed by atoms with Gasteiger partial charge in [0.1, 0.15) is 5.75 Å². The molecule has 3 aromatic carbocycles. The summed E-state index contributed by atoms with van der Waals surface area (Å²) in [5.41, 5.74) is 2.20. The summed E-state index contributed by atoms with van der Waals surface area (Å²) < 4.78 is 32.5.